The molecule has 1 saturated heterocycles. The molecule has 0 bridgehead atoms. The molecule has 0 saturated carbocycles. The fraction of sp³-hybridized carbons (Fsp3) is 0.571. The molecule has 2 rings (SSSR count). The van der Waals surface area contributed by atoms with Crippen LogP contribution in [0.4, 0.5) is 0 Å². The first-order valence-electron chi connectivity index (χ1n) is 6.58. The summed E-state index contributed by atoms with van der Waals surface area (Å²) in [5.41, 5.74) is 7.59. The summed E-state index contributed by atoms with van der Waals surface area (Å²) >= 11 is 0. The van der Waals surface area contributed by atoms with Crippen LogP contribution in [0.1, 0.15) is 24.5 Å². The molecular weight excluding hydrogens is 296 g/mol. The van der Waals surface area contributed by atoms with Crippen LogP contribution in [0.5, 0.6) is 0 Å². The Hall–Kier alpha value is -0.620. The Balaban J connectivity index is 0.00000200. The van der Waals surface area contributed by atoms with Gasteiger partial charge in [-0.15, -0.1) is 12.4 Å². The van der Waals surface area contributed by atoms with E-state index >= 15 is 0 Å². The predicted octanol–water partition coefficient (Wildman–Crippen LogP) is 1.92. The van der Waals surface area contributed by atoms with E-state index in [2.05, 4.69) is 6.92 Å². The number of sulfonamides is 1. The van der Waals surface area contributed by atoms with Crippen molar-refractivity contribution in [3.05, 3.63) is 35.4 Å². The van der Waals surface area contributed by atoms with Gasteiger partial charge >= 0.3 is 0 Å². The molecule has 2 N–H and O–H groups in total. The van der Waals surface area contributed by atoms with E-state index in [1.54, 1.807) is 4.31 Å². The molecule has 20 heavy (non-hydrogen) atoms. The third kappa shape index (κ3) is 3.95. The van der Waals surface area contributed by atoms with Crippen LogP contribution in [-0.2, 0) is 15.8 Å². The molecule has 0 amide bonds. The first-order chi connectivity index (χ1) is 8.85. The average molecular weight is 319 g/mol. The SMILES string of the molecule is Cc1cccc(CS(=O)(=O)N2CCC(C)(CN)C2)c1.Cl. The smallest absolute Gasteiger partial charge is 0.218 e. The van der Waals surface area contributed by atoms with Crippen molar-refractivity contribution in [2.75, 3.05) is 19.6 Å². The zero-order chi connectivity index (χ0) is 14.1. The summed E-state index contributed by atoms with van der Waals surface area (Å²) in [4.78, 5) is 0. The Morgan fingerprint density at radius 1 is 1.40 bits per heavy atom. The van der Waals surface area contributed by atoms with Crippen LogP contribution in [-0.4, -0.2) is 32.4 Å². The average Bonchev–Trinajstić information content (AvgIpc) is 2.73. The minimum absolute atomic E-state index is 0. The Kier molecular flexibility index (Phi) is 5.61. The van der Waals surface area contributed by atoms with Crippen molar-refractivity contribution in [1.29, 1.82) is 0 Å². The Bertz CT molecular complexity index is 562. The molecule has 0 aromatic heterocycles. The van der Waals surface area contributed by atoms with Gasteiger partial charge in [-0.25, -0.2) is 12.7 Å². The largest absolute Gasteiger partial charge is 0.330 e. The fourth-order valence-corrected chi connectivity index (χ4v) is 4.15. The standard InChI is InChI=1S/C14H22N2O2S.ClH/c1-12-4-3-5-13(8-12)9-19(17,18)16-7-6-14(2,10-15)11-16;/h3-5,8H,6-7,9-11,15H2,1-2H3;1H. The lowest BCUT2D eigenvalue weighted by molar-refractivity contribution is 0.349. The monoisotopic (exact) mass is 318 g/mol. The first-order valence-corrected chi connectivity index (χ1v) is 8.19. The molecule has 0 aliphatic carbocycles. The maximum atomic E-state index is 12.4. The number of nitrogens with zero attached hydrogens (tertiary/aromatic N) is 1. The molecule has 1 aliphatic heterocycles. The molecule has 1 fully saturated rings. The van der Waals surface area contributed by atoms with Crippen molar-refractivity contribution in [1.82, 2.24) is 4.31 Å². The molecule has 0 spiro atoms. The molecule has 4 nitrogen and oxygen atoms in total. The van der Waals surface area contributed by atoms with Crippen molar-refractivity contribution in [2.24, 2.45) is 11.1 Å². The van der Waals surface area contributed by atoms with Gasteiger partial charge in [0, 0.05) is 13.1 Å². The second kappa shape index (κ2) is 6.43. The summed E-state index contributed by atoms with van der Waals surface area (Å²) in [5, 5.41) is 0. The van der Waals surface area contributed by atoms with Gasteiger partial charge in [0.25, 0.3) is 0 Å². The van der Waals surface area contributed by atoms with E-state index in [1.807, 2.05) is 31.2 Å². The van der Waals surface area contributed by atoms with Gasteiger partial charge in [0.05, 0.1) is 5.75 Å². The quantitative estimate of drug-likeness (QED) is 0.922. The molecule has 1 aliphatic rings. The highest BCUT2D eigenvalue weighted by Gasteiger charge is 2.38. The molecule has 1 aromatic rings. The molecule has 1 aromatic carbocycles. The van der Waals surface area contributed by atoms with E-state index in [4.69, 9.17) is 5.73 Å². The lowest BCUT2D eigenvalue weighted by Crippen LogP contribution is -2.35. The van der Waals surface area contributed by atoms with Gasteiger partial charge in [0.2, 0.25) is 10.0 Å². The van der Waals surface area contributed by atoms with Gasteiger partial charge in [-0.1, -0.05) is 36.8 Å². The van der Waals surface area contributed by atoms with Crippen LogP contribution in [0.15, 0.2) is 24.3 Å². The summed E-state index contributed by atoms with van der Waals surface area (Å²) in [7, 11) is -3.23. The maximum absolute atomic E-state index is 12.4. The van der Waals surface area contributed by atoms with Crippen LogP contribution in [0.2, 0.25) is 0 Å². The Morgan fingerprint density at radius 2 is 2.10 bits per heavy atom. The molecular formula is C14H23ClN2O2S. The van der Waals surface area contributed by atoms with Crippen LogP contribution in [0, 0.1) is 12.3 Å². The minimum Gasteiger partial charge on any atom is -0.330 e. The summed E-state index contributed by atoms with van der Waals surface area (Å²) in [6.45, 7) is 5.68. The molecule has 114 valence electrons. The van der Waals surface area contributed by atoms with Gasteiger partial charge < -0.3 is 5.73 Å². The molecule has 1 atom stereocenters. The minimum atomic E-state index is -3.23. The topological polar surface area (TPSA) is 63.4 Å². The fourth-order valence-electron chi connectivity index (χ4n) is 2.49. The van der Waals surface area contributed by atoms with Crippen LogP contribution in [0.3, 0.4) is 0 Å². The summed E-state index contributed by atoms with van der Waals surface area (Å²) < 4.78 is 26.4. The summed E-state index contributed by atoms with van der Waals surface area (Å²) in [6.07, 6.45) is 0.844. The zero-order valence-corrected chi connectivity index (χ0v) is 13.6. The molecule has 1 unspecified atom stereocenters. The number of rotatable bonds is 4. The normalized spacial score (nSPS) is 23.6. The zero-order valence-electron chi connectivity index (χ0n) is 12.0. The van der Waals surface area contributed by atoms with E-state index in [-0.39, 0.29) is 23.6 Å². The molecule has 1 heterocycles. The van der Waals surface area contributed by atoms with Gasteiger partial charge in [-0.3, -0.25) is 0 Å². The van der Waals surface area contributed by atoms with Crippen LogP contribution >= 0.6 is 12.4 Å². The number of aryl methyl sites for hydroxylation is 1. The van der Waals surface area contributed by atoms with E-state index in [0.717, 1.165) is 17.5 Å². The second-order valence-electron chi connectivity index (χ2n) is 5.84. The maximum Gasteiger partial charge on any atom is 0.218 e. The van der Waals surface area contributed by atoms with Crippen molar-refractivity contribution >= 4 is 22.4 Å². The predicted molar refractivity (Wildman–Crippen MR) is 84.4 cm³/mol. The highest BCUT2D eigenvalue weighted by atomic mass is 35.5. The number of halogens is 1. The van der Waals surface area contributed by atoms with Crippen LogP contribution in [0.25, 0.3) is 0 Å². The third-order valence-corrected chi connectivity index (χ3v) is 5.64. The van der Waals surface area contributed by atoms with Gasteiger partial charge in [0.15, 0.2) is 0 Å². The van der Waals surface area contributed by atoms with E-state index < -0.39 is 10.0 Å². The molecule has 0 radical (unpaired) electrons. The van der Waals surface area contributed by atoms with Gasteiger partial charge in [-0.05, 0) is 30.9 Å². The second-order valence-corrected chi connectivity index (χ2v) is 7.81. The highest BCUT2D eigenvalue weighted by molar-refractivity contribution is 7.88. The number of benzene rings is 1. The first kappa shape index (κ1) is 17.4. The number of hydrogen-bond donors (Lipinski definition) is 1. The summed E-state index contributed by atoms with van der Waals surface area (Å²) in [6, 6.07) is 7.66. The number of nitrogens with two attached hydrogens (primary N) is 1. The third-order valence-electron chi connectivity index (χ3n) is 3.84. The van der Waals surface area contributed by atoms with E-state index in [0.29, 0.717) is 19.6 Å². The van der Waals surface area contributed by atoms with Crippen molar-refractivity contribution in [3.8, 4) is 0 Å². The van der Waals surface area contributed by atoms with Crippen molar-refractivity contribution in [2.45, 2.75) is 26.0 Å². The Labute approximate surface area is 127 Å². The van der Waals surface area contributed by atoms with E-state index in [9.17, 15) is 8.42 Å². The van der Waals surface area contributed by atoms with Gasteiger partial charge in [0.1, 0.15) is 0 Å². The van der Waals surface area contributed by atoms with E-state index in [1.165, 1.54) is 0 Å². The highest BCUT2D eigenvalue weighted by Crippen LogP contribution is 2.31. The lowest BCUT2D eigenvalue weighted by Gasteiger charge is -2.22. The van der Waals surface area contributed by atoms with Gasteiger partial charge in [-0.2, -0.15) is 0 Å². The number of hydrogen-bond acceptors (Lipinski definition) is 3. The lowest BCUT2D eigenvalue weighted by atomic mass is 9.90. The summed E-state index contributed by atoms with van der Waals surface area (Å²) in [5.74, 6) is 0.0787. The van der Waals surface area contributed by atoms with Crippen molar-refractivity contribution < 1.29 is 8.42 Å². The van der Waals surface area contributed by atoms with Crippen molar-refractivity contribution in [3.63, 3.8) is 0 Å². The Morgan fingerprint density at radius 3 is 2.65 bits per heavy atom. The molecule has 6 heteroatoms. The van der Waals surface area contributed by atoms with Crippen LogP contribution < -0.4 is 5.73 Å².